The molecule has 1 heterocycles. The first-order valence-electron chi connectivity index (χ1n) is 3.10. The minimum absolute atomic E-state index is 0. The Kier molecular flexibility index (Phi) is 4.84. The molecular formula is C7H10Br2N2. The number of alkyl halides is 1. The van der Waals surface area contributed by atoms with Crippen LogP contribution in [-0.2, 0) is 5.33 Å². The van der Waals surface area contributed by atoms with Gasteiger partial charge < -0.3 is 0 Å². The second kappa shape index (κ2) is 4.83. The number of aromatic nitrogens is 2. The van der Waals surface area contributed by atoms with Gasteiger partial charge in [0.2, 0.25) is 0 Å². The summed E-state index contributed by atoms with van der Waals surface area (Å²) in [5, 5.41) is 8.71. The Morgan fingerprint density at radius 3 is 2.45 bits per heavy atom. The topological polar surface area (TPSA) is 25.8 Å². The fourth-order valence-electron chi connectivity index (χ4n) is 0.667. The molecule has 2 nitrogen and oxygen atoms in total. The lowest BCUT2D eigenvalue weighted by Crippen LogP contribution is -1.94. The molecule has 0 aliphatic rings. The summed E-state index contributed by atoms with van der Waals surface area (Å²) in [6.45, 7) is 4.00. The van der Waals surface area contributed by atoms with Crippen molar-refractivity contribution >= 4 is 32.9 Å². The Bertz CT molecular complexity index is 238. The normalized spacial score (nSPS) is 9.00. The molecule has 0 fully saturated rings. The van der Waals surface area contributed by atoms with E-state index < -0.39 is 0 Å². The van der Waals surface area contributed by atoms with Crippen molar-refractivity contribution < 1.29 is 0 Å². The Balaban J connectivity index is 0.000001000. The maximum absolute atomic E-state index is 3.97. The van der Waals surface area contributed by atoms with E-state index in [4.69, 9.17) is 0 Å². The van der Waals surface area contributed by atoms with E-state index in [0.717, 1.165) is 16.7 Å². The van der Waals surface area contributed by atoms with Gasteiger partial charge in [0.25, 0.3) is 0 Å². The van der Waals surface area contributed by atoms with E-state index in [1.54, 1.807) is 0 Å². The molecule has 1 aromatic rings. The van der Waals surface area contributed by atoms with E-state index in [1.807, 2.05) is 19.9 Å². The van der Waals surface area contributed by atoms with Crippen molar-refractivity contribution in [1.82, 2.24) is 10.2 Å². The molecule has 0 amide bonds. The Labute approximate surface area is 85.3 Å². The summed E-state index contributed by atoms with van der Waals surface area (Å²) in [5.74, 6) is 0. The van der Waals surface area contributed by atoms with E-state index in [1.165, 1.54) is 5.56 Å². The van der Waals surface area contributed by atoms with Gasteiger partial charge in [-0.3, -0.25) is 0 Å². The standard InChI is InChI=1S/C7H9BrN2.BrH/c1-5-3-7(4-8)10-9-6(5)2;/h3H,4H2,1-2H3;1H. The number of rotatable bonds is 1. The molecule has 0 N–H and O–H groups in total. The van der Waals surface area contributed by atoms with Crippen LogP contribution in [0.4, 0.5) is 0 Å². The molecular weight excluding hydrogens is 272 g/mol. The quantitative estimate of drug-likeness (QED) is 0.740. The number of halogens is 2. The van der Waals surface area contributed by atoms with E-state index in [-0.39, 0.29) is 17.0 Å². The van der Waals surface area contributed by atoms with Crippen molar-refractivity contribution in [3.63, 3.8) is 0 Å². The molecule has 0 saturated carbocycles. The molecule has 0 radical (unpaired) electrons. The smallest absolute Gasteiger partial charge is 0.0739 e. The van der Waals surface area contributed by atoms with Gasteiger partial charge in [-0.05, 0) is 25.5 Å². The summed E-state index contributed by atoms with van der Waals surface area (Å²) in [5.41, 5.74) is 3.19. The maximum atomic E-state index is 3.97. The van der Waals surface area contributed by atoms with Crippen LogP contribution in [0.1, 0.15) is 17.0 Å². The summed E-state index contributed by atoms with van der Waals surface area (Å²) in [4.78, 5) is 0. The van der Waals surface area contributed by atoms with Crippen molar-refractivity contribution in [2.45, 2.75) is 19.2 Å². The third-order valence-electron chi connectivity index (χ3n) is 1.42. The Hall–Kier alpha value is 0.0400. The fraction of sp³-hybridized carbons (Fsp3) is 0.429. The van der Waals surface area contributed by atoms with Gasteiger partial charge in [0.05, 0.1) is 11.4 Å². The first kappa shape index (κ1) is 11.0. The lowest BCUT2D eigenvalue weighted by atomic mass is 10.2. The van der Waals surface area contributed by atoms with Gasteiger partial charge in [-0.2, -0.15) is 10.2 Å². The van der Waals surface area contributed by atoms with Gasteiger partial charge in [0.1, 0.15) is 0 Å². The zero-order chi connectivity index (χ0) is 7.56. The molecule has 0 unspecified atom stereocenters. The van der Waals surface area contributed by atoms with E-state index in [0.29, 0.717) is 0 Å². The van der Waals surface area contributed by atoms with Crippen molar-refractivity contribution in [2.24, 2.45) is 0 Å². The molecule has 4 heteroatoms. The molecule has 0 atom stereocenters. The van der Waals surface area contributed by atoms with Crippen LogP contribution in [0.3, 0.4) is 0 Å². The molecule has 0 saturated heterocycles. The molecule has 1 rings (SSSR count). The minimum Gasteiger partial charge on any atom is -0.155 e. The average Bonchev–Trinajstić information content (AvgIpc) is 1.95. The van der Waals surface area contributed by atoms with Crippen LogP contribution in [0.25, 0.3) is 0 Å². The van der Waals surface area contributed by atoms with Crippen LogP contribution >= 0.6 is 32.9 Å². The summed E-state index contributed by atoms with van der Waals surface area (Å²) in [7, 11) is 0. The second-order valence-electron chi connectivity index (χ2n) is 2.24. The summed E-state index contributed by atoms with van der Waals surface area (Å²) >= 11 is 3.31. The average molecular weight is 282 g/mol. The predicted molar refractivity (Wildman–Crippen MR) is 54.5 cm³/mol. The van der Waals surface area contributed by atoms with E-state index >= 15 is 0 Å². The predicted octanol–water partition coefficient (Wildman–Crippen LogP) is 2.57. The summed E-state index contributed by atoms with van der Waals surface area (Å²) < 4.78 is 0. The molecule has 0 spiro atoms. The highest BCUT2D eigenvalue weighted by Crippen LogP contribution is 2.05. The van der Waals surface area contributed by atoms with Gasteiger partial charge in [-0.1, -0.05) is 15.9 Å². The minimum atomic E-state index is 0. The van der Waals surface area contributed by atoms with Gasteiger partial charge >= 0.3 is 0 Å². The first-order chi connectivity index (χ1) is 4.74. The van der Waals surface area contributed by atoms with Crippen LogP contribution in [0, 0.1) is 13.8 Å². The van der Waals surface area contributed by atoms with Crippen molar-refractivity contribution in [2.75, 3.05) is 0 Å². The van der Waals surface area contributed by atoms with Crippen LogP contribution in [0.5, 0.6) is 0 Å². The third kappa shape index (κ3) is 2.87. The van der Waals surface area contributed by atoms with Crippen molar-refractivity contribution in [3.8, 4) is 0 Å². The molecule has 0 aliphatic carbocycles. The molecule has 62 valence electrons. The fourth-order valence-corrected chi connectivity index (χ4v) is 0.941. The Morgan fingerprint density at radius 1 is 1.36 bits per heavy atom. The Morgan fingerprint density at radius 2 is 2.00 bits per heavy atom. The molecule has 11 heavy (non-hydrogen) atoms. The van der Waals surface area contributed by atoms with Gasteiger partial charge in [-0.15, -0.1) is 17.0 Å². The number of hydrogen-bond donors (Lipinski definition) is 0. The second-order valence-corrected chi connectivity index (χ2v) is 2.80. The highest BCUT2D eigenvalue weighted by molar-refractivity contribution is 9.08. The first-order valence-corrected chi connectivity index (χ1v) is 4.22. The van der Waals surface area contributed by atoms with E-state index in [9.17, 15) is 0 Å². The van der Waals surface area contributed by atoms with Gasteiger partial charge in [-0.25, -0.2) is 0 Å². The molecule has 0 aromatic carbocycles. The van der Waals surface area contributed by atoms with Gasteiger partial charge in [0.15, 0.2) is 0 Å². The highest BCUT2D eigenvalue weighted by Gasteiger charge is 1.96. The number of aryl methyl sites for hydroxylation is 2. The zero-order valence-corrected chi connectivity index (χ0v) is 9.76. The maximum Gasteiger partial charge on any atom is 0.0739 e. The third-order valence-corrected chi connectivity index (χ3v) is 1.99. The monoisotopic (exact) mass is 280 g/mol. The zero-order valence-electron chi connectivity index (χ0n) is 6.47. The van der Waals surface area contributed by atoms with Crippen LogP contribution in [0.2, 0.25) is 0 Å². The largest absolute Gasteiger partial charge is 0.155 e. The molecule has 0 bridgehead atoms. The number of hydrogen-bond acceptors (Lipinski definition) is 2. The van der Waals surface area contributed by atoms with Crippen LogP contribution in [0.15, 0.2) is 6.07 Å². The highest BCUT2D eigenvalue weighted by atomic mass is 79.9. The van der Waals surface area contributed by atoms with Crippen LogP contribution in [-0.4, -0.2) is 10.2 Å². The van der Waals surface area contributed by atoms with Crippen LogP contribution < -0.4 is 0 Å². The lowest BCUT2D eigenvalue weighted by Gasteiger charge is -1.97. The lowest BCUT2D eigenvalue weighted by molar-refractivity contribution is 0.919. The molecule has 0 aliphatic heterocycles. The van der Waals surface area contributed by atoms with Gasteiger partial charge in [0, 0.05) is 5.33 Å². The molecule has 1 aromatic heterocycles. The van der Waals surface area contributed by atoms with Crippen molar-refractivity contribution in [1.29, 1.82) is 0 Å². The SMILES string of the molecule is Br.Cc1cc(CBr)nnc1C. The summed E-state index contributed by atoms with van der Waals surface area (Å²) in [6, 6.07) is 2.04. The summed E-state index contributed by atoms with van der Waals surface area (Å²) in [6.07, 6.45) is 0. The number of nitrogens with zero attached hydrogens (tertiary/aromatic N) is 2. The van der Waals surface area contributed by atoms with Crippen molar-refractivity contribution in [3.05, 3.63) is 23.0 Å². The van der Waals surface area contributed by atoms with E-state index in [2.05, 4.69) is 26.1 Å².